The van der Waals surface area contributed by atoms with E-state index in [9.17, 15) is 4.79 Å². The maximum atomic E-state index is 12.8. The third-order valence-corrected chi connectivity index (χ3v) is 7.89. The second-order valence-electron chi connectivity index (χ2n) is 12.2. The van der Waals surface area contributed by atoms with Crippen LogP contribution in [0.25, 0.3) is 11.3 Å². The lowest BCUT2D eigenvalue weighted by atomic mass is 9.93. The minimum atomic E-state index is -0.528. The average Bonchev–Trinajstić information content (AvgIpc) is 2.98. The Hall–Kier alpha value is -3.62. The number of methoxy groups -OCH3 is 2. The molecule has 8 nitrogen and oxygen atoms in total. The van der Waals surface area contributed by atoms with Crippen molar-refractivity contribution in [3.05, 3.63) is 70.8 Å². The fourth-order valence-corrected chi connectivity index (χ4v) is 5.78. The van der Waals surface area contributed by atoms with E-state index in [2.05, 4.69) is 41.4 Å². The van der Waals surface area contributed by atoms with Crippen LogP contribution < -0.4 is 19.7 Å². The molecule has 0 radical (unpaired) electrons. The molecule has 3 heterocycles. The zero-order chi connectivity index (χ0) is 29.9. The molecule has 1 saturated heterocycles. The van der Waals surface area contributed by atoms with Crippen LogP contribution in [-0.2, 0) is 33.8 Å². The van der Waals surface area contributed by atoms with Crippen LogP contribution in [-0.4, -0.2) is 56.5 Å². The van der Waals surface area contributed by atoms with E-state index < -0.39 is 5.60 Å². The Kier molecular flexibility index (Phi) is 9.04. The maximum Gasteiger partial charge on any atom is 0.312 e. The Bertz CT molecular complexity index is 1400. The first-order valence-corrected chi connectivity index (χ1v) is 14.8. The molecule has 2 aliphatic rings. The van der Waals surface area contributed by atoms with Crippen molar-refractivity contribution >= 4 is 11.8 Å². The van der Waals surface area contributed by atoms with Crippen molar-refractivity contribution in [3.63, 3.8) is 0 Å². The third kappa shape index (κ3) is 6.88. The average molecular weight is 574 g/mol. The first-order valence-electron chi connectivity index (χ1n) is 14.8. The number of fused-ring (bicyclic) bond motifs is 1. The fourth-order valence-electron chi connectivity index (χ4n) is 5.78. The normalized spacial score (nSPS) is 18.8. The van der Waals surface area contributed by atoms with Crippen molar-refractivity contribution in [1.29, 1.82) is 0 Å². The van der Waals surface area contributed by atoms with E-state index in [0.29, 0.717) is 26.1 Å². The lowest BCUT2D eigenvalue weighted by molar-refractivity contribution is -0.165. The summed E-state index contributed by atoms with van der Waals surface area (Å²) in [5, 5.41) is 3.42. The number of ether oxygens (including phenoxy) is 4. The molecule has 1 fully saturated rings. The number of esters is 1. The van der Waals surface area contributed by atoms with Gasteiger partial charge in [-0.1, -0.05) is 23.8 Å². The molecule has 0 unspecified atom stereocenters. The van der Waals surface area contributed by atoms with E-state index in [1.165, 1.54) is 11.1 Å². The number of aryl methyl sites for hydroxylation is 1. The molecule has 0 spiro atoms. The van der Waals surface area contributed by atoms with Gasteiger partial charge in [0.15, 0.2) is 0 Å². The topological polar surface area (TPSA) is 82.2 Å². The maximum absolute atomic E-state index is 12.8. The van der Waals surface area contributed by atoms with Gasteiger partial charge in [0.2, 0.25) is 0 Å². The zero-order valence-corrected chi connectivity index (χ0v) is 25.7. The lowest BCUT2D eigenvalue weighted by Crippen LogP contribution is -2.49. The summed E-state index contributed by atoms with van der Waals surface area (Å²) in [5.74, 6) is 2.02. The number of rotatable bonds is 8. The van der Waals surface area contributed by atoms with Crippen molar-refractivity contribution in [2.24, 2.45) is 5.92 Å². The van der Waals surface area contributed by atoms with Gasteiger partial charge in [-0.3, -0.25) is 4.79 Å². The van der Waals surface area contributed by atoms with Crippen LogP contribution >= 0.6 is 0 Å². The highest BCUT2D eigenvalue weighted by Gasteiger charge is 2.37. The Morgan fingerprint density at radius 2 is 1.93 bits per heavy atom. The van der Waals surface area contributed by atoms with E-state index in [1.807, 2.05) is 45.0 Å². The molecule has 2 aromatic carbocycles. The Morgan fingerprint density at radius 3 is 2.69 bits per heavy atom. The third-order valence-electron chi connectivity index (χ3n) is 7.89. The number of hydrogen-bond acceptors (Lipinski definition) is 8. The van der Waals surface area contributed by atoms with Crippen LogP contribution in [0.3, 0.4) is 0 Å². The predicted octanol–water partition coefficient (Wildman–Crippen LogP) is 5.47. The Labute approximate surface area is 249 Å². The number of nitrogens with zero attached hydrogens (tertiary/aromatic N) is 2. The quantitative estimate of drug-likeness (QED) is 0.355. The number of carbonyl (C=O) groups excluding carboxylic acids is 1. The van der Waals surface area contributed by atoms with E-state index in [0.717, 1.165) is 59.2 Å². The molecule has 2 atom stereocenters. The van der Waals surface area contributed by atoms with Gasteiger partial charge in [-0.05, 0) is 88.5 Å². The first-order chi connectivity index (χ1) is 20.1. The molecule has 0 saturated carbocycles. The van der Waals surface area contributed by atoms with Gasteiger partial charge in [0.25, 0.3) is 0 Å². The Balaban J connectivity index is 1.34. The van der Waals surface area contributed by atoms with E-state index in [4.69, 9.17) is 23.9 Å². The molecule has 2 aliphatic heterocycles. The van der Waals surface area contributed by atoms with Crippen LogP contribution in [0.15, 0.2) is 48.5 Å². The van der Waals surface area contributed by atoms with Crippen LogP contribution in [0.5, 0.6) is 11.5 Å². The van der Waals surface area contributed by atoms with Gasteiger partial charge >= 0.3 is 5.97 Å². The summed E-state index contributed by atoms with van der Waals surface area (Å²) in [6.45, 7) is 11.2. The molecular formula is C34H43N3O5. The van der Waals surface area contributed by atoms with Crippen LogP contribution in [0.1, 0.15) is 49.4 Å². The van der Waals surface area contributed by atoms with Crippen molar-refractivity contribution in [3.8, 4) is 22.8 Å². The van der Waals surface area contributed by atoms with Gasteiger partial charge in [0.1, 0.15) is 29.5 Å². The number of anilines is 1. The number of pyridine rings is 1. The van der Waals surface area contributed by atoms with Crippen molar-refractivity contribution in [1.82, 2.24) is 10.3 Å². The van der Waals surface area contributed by atoms with Gasteiger partial charge in [0, 0.05) is 37.9 Å². The molecule has 42 heavy (non-hydrogen) atoms. The minimum Gasteiger partial charge on any atom is -0.496 e. The number of aromatic nitrogens is 1. The number of carbonyl (C=O) groups is 1. The van der Waals surface area contributed by atoms with Gasteiger partial charge < -0.3 is 29.2 Å². The summed E-state index contributed by atoms with van der Waals surface area (Å²) >= 11 is 0. The SMILES string of the molecule is COc1cc(COc2ccc(C)cc2-c2cccc(N3CC[C@H](C(=O)OC(C)(C)C)[C@H](OC)C3)n2)cc2c1CNCC2. The summed E-state index contributed by atoms with van der Waals surface area (Å²) in [7, 11) is 3.38. The van der Waals surface area contributed by atoms with E-state index >= 15 is 0 Å². The molecule has 0 aliphatic carbocycles. The second-order valence-corrected chi connectivity index (χ2v) is 12.2. The predicted molar refractivity (Wildman–Crippen MR) is 164 cm³/mol. The highest BCUT2D eigenvalue weighted by atomic mass is 16.6. The summed E-state index contributed by atoms with van der Waals surface area (Å²) in [6.07, 6.45) is 1.34. The summed E-state index contributed by atoms with van der Waals surface area (Å²) in [6, 6.07) is 16.6. The molecule has 0 amide bonds. The summed E-state index contributed by atoms with van der Waals surface area (Å²) < 4.78 is 23.6. The van der Waals surface area contributed by atoms with Gasteiger partial charge in [0.05, 0.1) is 24.8 Å². The molecule has 224 valence electrons. The lowest BCUT2D eigenvalue weighted by Gasteiger charge is -2.38. The van der Waals surface area contributed by atoms with E-state index in [-0.39, 0.29) is 18.0 Å². The molecule has 1 aromatic heterocycles. The number of benzene rings is 2. The standard InChI is InChI=1S/C34H43N3O5/c1-22-10-11-29(41-21-23-17-24-12-14-35-19-27(24)30(18-23)39-5)26(16-22)28-8-7-9-32(36-28)37-15-13-25(31(20-37)40-6)33(38)42-34(2,3)4/h7-11,16-18,25,31,35H,12-15,19-21H2,1-6H3/t25-,31+/m0/s1. The van der Waals surface area contributed by atoms with E-state index in [1.54, 1.807) is 14.2 Å². The molecule has 8 heteroatoms. The smallest absolute Gasteiger partial charge is 0.312 e. The van der Waals surface area contributed by atoms with Crippen LogP contribution in [0, 0.1) is 12.8 Å². The summed E-state index contributed by atoms with van der Waals surface area (Å²) in [5.41, 5.74) is 6.01. The van der Waals surface area contributed by atoms with Gasteiger partial charge in [-0.25, -0.2) is 4.98 Å². The van der Waals surface area contributed by atoms with Gasteiger partial charge in [-0.15, -0.1) is 0 Å². The zero-order valence-electron chi connectivity index (χ0n) is 25.7. The first kappa shape index (κ1) is 29.9. The van der Waals surface area contributed by atoms with Crippen molar-refractivity contribution in [2.45, 2.75) is 65.4 Å². The molecule has 1 N–H and O–H groups in total. The van der Waals surface area contributed by atoms with Crippen molar-refractivity contribution < 1.29 is 23.7 Å². The fraction of sp³-hybridized carbons (Fsp3) is 0.471. The number of piperidine rings is 1. The molecule has 5 rings (SSSR count). The van der Waals surface area contributed by atoms with Gasteiger partial charge in [-0.2, -0.15) is 0 Å². The Morgan fingerprint density at radius 1 is 1.10 bits per heavy atom. The monoisotopic (exact) mass is 573 g/mol. The van der Waals surface area contributed by atoms with Crippen LogP contribution in [0.4, 0.5) is 5.82 Å². The number of hydrogen-bond donors (Lipinski definition) is 1. The minimum absolute atomic E-state index is 0.203. The largest absolute Gasteiger partial charge is 0.496 e. The highest BCUT2D eigenvalue weighted by Crippen LogP contribution is 2.34. The second kappa shape index (κ2) is 12.7. The highest BCUT2D eigenvalue weighted by molar-refractivity contribution is 5.74. The number of nitrogens with one attached hydrogen (secondary N) is 1. The van der Waals surface area contributed by atoms with Crippen molar-refractivity contribution in [2.75, 3.05) is 38.8 Å². The molecular weight excluding hydrogens is 530 g/mol. The van der Waals surface area contributed by atoms with Crippen LogP contribution in [0.2, 0.25) is 0 Å². The molecule has 0 bridgehead atoms. The summed E-state index contributed by atoms with van der Waals surface area (Å²) in [4.78, 5) is 20.1. The molecule has 3 aromatic rings.